The van der Waals surface area contributed by atoms with Gasteiger partial charge in [0, 0.05) is 11.5 Å². The van der Waals surface area contributed by atoms with Crippen molar-refractivity contribution in [3.63, 3.8) is 0 Å². The number of benzene rings is 2. The molecule has 0 spiro atoms. The van der Waals surface area contributed by atoms with Crippen LogP contribution >= 0.6 is 0 Å². The topological polar surface area (TPSA) is 101 Å². The largest absolute Gasteiger partial charge is 0.493 e. The van der Waals surface area contributed by atoms with Gasteiger partial charge in [0.15, 0.2) is 22.9 Å². The molecule has 2 aromatic carbocycles. The number of carbonyl (C=O) groups excluding carboxylic acids is 2. The number of aryl methyl sites for hydroxylation is 1. The number of Topliss-reactive ketones (excluding diaryl/α,β-unsaturated/α-hetero) is 1. The van der Waals surface area contributed by atoms with E-state index in [1.165, 1.54) is 52.5 Å². The van der Waals surface area contributed by atoms with Crippen molar-refractivity contribution in [3.05, 3.63) is 57.4 Å². The summed E-state index contributed by atoms with van der Waals surface area (Å²) in [7, 11) is 4.30. The third-order valence-corrected chi connectivity index (χ3v) is 4.54. The predicted octanol–water partition coefficient (Wildman–Crippen LogP) is 3.55. The molecule has 8 heteroatoms. The summed E-state index contributed by atoms with van der Waals surface area (Å²) in [6.07, 6.45) is 0. The fourth-order valence-corrected chi connectivity index (χ4v) is 3.14. The second kappa shape index (κ2) is 8.28. The fraction of sp³-hybridized carbons (Fsp3) is 0.227. The second-order valence-electron chi connectivity index (χ2n) is 6.42. The van der Waals surface area contributed by atoms with E-state index in [1.807, 2.05) is 0 Å². The summed E-state index contributed by atoms with van der Waals surface area (Å²) >= 11 is 0. The Morgan fingerprint density at radius 3 is 2.07 bits per heavy atom. The first-order valence-corrected chi connectivity index (χ1v) is 8.91. The molecule has 1 aromatic heterocycles. The molecule has 0 fully saturated rings. The van der Waals surface area contributed by atoms with Gasteiger partial charge in [-0.05, 0) is 43.7 Å². The van der Waals surface area contributed by atoms with Gasteiger partial charge in [-0.1, -0.05) is 0 Å². The highest BCUT2D eigenvalue weighted by Crippen LogP contribution is 2.38. The summed E-state index contributed by atoms with van der Waals surface area (Å²) in [5, 5.41) is 0.576. The van der Waals surface area contributed by atoms with Crippen LogP contribution in [0.2, 0.25) is 0 Å². The van der Waals surface area contributed by atoms with Gasteiger partial charge in [-0.2, -0.15) is 0 Å². The molecule has 0 aliphatic heterocycles. The first-order valence-electron chi connectivity index (χ1n) is 8.91. The highest BCUT2D eigenvalue weighted by atomic mass is 16.5. The molecule has 0 unspecified atom stereocenters. The van der Waals surface area contributed by atoms with Crippen LogP contribution in [0.15, 0.2) is 39.5 Å². The van der Waals surface area contributed by atoms with Gasteiger partial charge in [0.25, 0.3) is 0 Å². The minimum atomic E-state index is -0.758. The number of rotatable bonds is 6. The number of methoxy groups -OCH3 is 3. The number of hydrogen-bond acceptors (Lipinski definition) is 8. The van der Waals surface area contributed by atoms with Crippen molar-refractivity contribution < 1.29 is 33.0 Å². The lowest BCUT2D eigenvalue weighted by molar-refractivity contribution is 0.0732. The molecule has 0 radical (unpaired) electrons. The zero-order chi connectivity index (χ0) is 22.0. The smallest absolute Gasteiger partial charge is 0.343 e. The van der Waals surface area contributed by atoms with E-state index in [1.54, 1.807) is 13.0 Å². The van der Waals surface area contributed by atoms with Gasteiger partial charge in [0.2, 0.25) is 5.75 Å². The Labute approximate surface area is 171 Å². The highest BCUT2D eigenvalue weighted by molar-refractivity contribution is 6.08. The molecule has 0 saturated heterocycles. The monoisotopic (exact) mass is 412 g/mol. The summed E-state index contributed by atoms with van der Waals surface area (Å²) in [6.45, 7) is 3.03. The zero-order valence-corrected chi connectivity index (χ0v) is 17.2. The summed E-state index contributed by atoms with van der Waals surface area (Å²) < 4.78 is 26.5. The van der Waals surface area contributed by atoms with E-state index in [4.69, 9.17) is 23.4 Å². The van der Waals surface area contributed by atoms with Crippen molar-refractivity contribution in [2.75, 3.05) is 21.3 Å². The molecule has 0 amide bonds. The Balaban J connectivity index is 2.11. The van der Waals surface area contributed by atoms with Crippen LogP contribution in [0.5, 0.6) is 23.0 Å². The summed E-state index contributed by atoms with van der Waals surface area (Å²) in [5.41, 5.74) is 0.239. The number of hydrogen-bond donors (Lipinski definition) is 0. The van der Waals surface area contributed by atoms with E-state index in [2.05, 4.69) is 0 Å². The molecule has 156 valence electrons. The third kappa shape index (κ3) is 3.71. The lowest BCUT2D eigenvalue weighted by Gasteiger charge is -2.14. The van der Waals surface area contributed by atoms with Crippen LogP contribution in [-0.2, 0) is 0 Å². The first kappa shape index (κ1) is 20.9. The van der Waals surface area contributed by atoms with Crippen molar-refractivity contribution >= 4 is 22.7 Å². The summed E-state index contributed by atoms with van der Waals surface area (Å²) in [4.78, 5) is 36.9. The molecule has 8 nitrogen and oxygen atoms in total. The van der Waals surface area contributed by atoms with Gasteiger partial charge >= 0.3 is 11.6 Å². The Kier molecular flexibility index (Phi) is 5.77. The Hall–Kier alpha value is -3.81. The molecule has 0 atom stereocenters. The van der Waals surface area contributed by atoms with Gasteiger partial charge in [-0.25, -0.2) is 9.59 Å². The molecule has 0 saturated carbocycles. The molecule has 0 N–H and O–H groups in total. The Morgan fingerprint density at radius 2 is 1.53 bits per heavy atom. The molecule has 3 rings (SSSR count). The number of ketones is 1. The van der Waals surface area contributed by atoms with Gasteiger partial charge in [-0.15, -0.1) is 0 Å². The maximum atomic E-state index is 12.8. The van der Waals surface area contributed by atoms with Crippen LogP contribution < -0.4 is 24.6 Å². The van der Waals surface area contributed by atoms with Crippen molar-refractivity contribution in [1.29, 1.82) is 0 Å². The zero-order valence-electron chi connectivity index (χ0n) is 17.2. The number of esters is 1. The number of fused-ring (bicyclic) bond motifs is 1. The molecule has 0 bridgehead atoms. The minimum Gasteiger partial charge on any atom is -0.493 e. The predicted molar refractivity (Wildman–Crippen MR) is 108 cm³/mol. The number of carbonyl (C=O) groups is 2. The minimum absolute atomic E-state index is 0.00842. The lowest BCUT2D eigenvalue weighted by atomic mass is 10.0. The van der Waals surface area contributed by atoms with E-state index in [0.717, 1.165) is 0 Å². The van der Waals surface area contributed by atoms with Gasteiger partial charge < -0.3 is 23.4 Å². The van der Waals surface area contributed by atoms with Crippen LogP contribution in [0.1, 0.15) is 33.2 Å². The van der Waals surface area contributed by atoms with Crippen molar-refractivity contribution in [2.45, 2.75) is 13.8 Å². The fourth-order valence-electron chi connectivity index (χ4n) is 3.14. The molecular weight excluding hydrogens is 392 g/mol. The average molecular weight is 412 g/mol. The highest BCUT2D eigenvalue weighted by Gasteiger charge is 2.22. The standard InChI is InChI=1S/C22H20O8/c1-11-8-18(24)30-20-14(11)6-7-15(19(20)12(2)23)29-22(25)13-9-16(26-3)21(28-5)17(10-13)27-4/h6-10H,1-5H3. The van der Waals surface area contributed by atoms with E-state index in [0.29, 0.717) is 16.7 Å². The number of ether oxygens (including phenoxy) is 4. The quantitative estimate of drug-likeness (QED) is 0.262. The van der Waals surface area contributed by atoms with E-state index < -0.39 is 17.4 Å². The normalized spacial score (nSPS) is 10.6. The Bertz CT molecular complexity index is 1180. The molecule has 1 heterocycles. The summed E-state index contributed by atoms with van der Waals surface area (Å²) in [6, 6.07) is 7.30. The van der Waals surface area contributed by atoms with Crippen LogP contribution in [0, 0.1) is 6.92 Å². The van der Waals surface area contributed by atoms with Gasteiger partial charge in [0.1, 0.15) is 11.3 Å². The van der Waals surface area contributed by atoms with E-state index in [-0.39, 0.29) is 34.0 Å². The van der Waals surface area contributed by atoms with Crippen molar-refractivity contribution in [1.82, 2.24) is 0 Å². The van der Waals surface area contributed by atoms with E-state index in [9.17, 15) is 14.4 Å². The lowest BCUT2D eigenvalue weighted by Crippen LogP contribution is -2.12. The second-order valence-corrected chi connectivity index (χ2v) is 6.42. The van der Waals surface area contributed by atoms with Gasteiger partial charge in [0.05, 0.1) is 26.9 Å². The van der Waals surface area contributed by atoms with Crippen LogP contribution in [0.25, 0.3) is 11.0 Å². The van der Waals surface area contributed by atoms with Crippen LogP contribution in [0.4, 0.5) is 0 Å². The van der Waals surface area contributed by atoms with Crippen LogP contribution in [0.3, 0.4) is 0 Å². The van der Waals surface area contributed by atoms with Crippen molar-refractivity contribution in [3.8, 4) is 23.0 Å². The SMILES string of the molecule is COc1cc(C(=O)Oc2ccc3c(C)cc(=O)oc3c2C(C)=O)cc(OC)c1OC. The molecular formula is C22H20O8. The molecule has 30 heavy (non-hydrogen) atoms. The van der Waals surface area contributed by atoms with Gasteiger partial charge in [-0.3, -0.25) is 4.79 Å². The average Bonchev–Trinajstić information content (AvgIpc) is 2.71. The maximum Gasteiger partial charge on any atom is 0.343 e. The Morgan fingerprint density at radius 1 is 0.900 bits per heavy atom. The van der Waals surface area contributed by atoms with Crippen LogP contribution in [-0.4, -0.2) is 33.1 Å². The van der Waals surface area contributed by atoms with E-state index >= 15 is 0 Å². The molecule has 0 aliphatic rings. The maximum absolute atomic E-state index is 12.8. The molecule has 3 aromatic rings. The summed E-state index contributed by atoms with van der Waals surface area (Å²) in [5.74, 6) is -0.328. The van der Waals surface area contributed by atoms with Crippen molar-refractivity contribution in [2.24, 2.45) is 0 Å². The molecule has 0 aliphatic carbocycles. The third-order valence-electron chi connectivity index (χ3n) is 4.54. The first-order chi connectivity index (χ1) is 14.3.